The highest BCUT2D eigenvalue weighted by Crippen LogP contribution is 1.97. The number of hydrogen-bond donors (Lipinski definition) is 7. The lowest BCUT2D eigenvalue weighted by Gasteiger charge is -2.30. The van der Waals surface area contributed by atoms with Crippen LogP contribution in [0, 0.1) is 0 Å². The molecule has 0 aromatic carbocycles. The summed E-state index contributed by atoms with van der Waals surface area (Å²) in [6.07, 6.45) is -0.316. The second kappa shape index (κ2) is 16.4. The Labute approximate surface area is 171 Å². The monoisotopic (exact) mass is 400 g/mol. The first kappa shape index (κ1) is 23.9. The molecule has 0 amide bonds. The van der Waals surface area contributed by atoms with E-state index in [1.807, 2.05) is 0 Å². The number of nitrogens with zero attached hydrogens (tertiary/aromatic N) is 2. The van der Waals surface area contributed by atoms with Gasteiger partial charge in [-0.1, -0.05) is 0 Å². The van der Waals surface area contributed by atoms with Crippen molar-refractivity contribution in [2.75, 3.05) is 118 Å². The maximum absolute atomic E-state index is 10.7. The minimum absolute atomic E-state index is 0.316. The highest BCUT2D eigenvalue weighted by molar-refractivity contribution is 4.73. The zero-order valence-corrected chi connectivity index (χ0v) is 17.6. The Morgan fingerprint density at radius 3 is 0.964 bits per heavy atom. The molecule has 0 radical (unpaired) electrons. The van der Waals surface area contributed by atoms with E-state index in [0.29, 0.717) is 0 Å². The van der Waals surface area contributed by atoms with Crippen molar-refractivity contribution in [1.82, 2.24) is 41.7 Å². The summed E-state index contributed by atoms with van der Waals surface area (Å²) in [6.45, 7) is 17.1. The van der Waals surface area contributed by atoms with Crippen LogP contribution >= 0.6 is 0 Å². The van der Waals surface area contributed by atoms with Crippen molar-refractivity contribution in [3.63, 3.8) is 0 Å². The Morgan fingerprint density at radius 2 is 0.679 bits per heavy atom. The molecule has 0 atom stereocenters. The highest BCUT2D eigenvalue weighted by Gasteiger charge is 2.16. The van der Waals surface area contributed by atoms with E-state index in [0.717, 1.165) is 118 Å². The molecule has 28 heavy (non-hydrogen) atoms. The van der Waals surface area contributed by atoms with Crippen molar-refractivity contribution in [2.45, 2.75) is 6.10 Å². The van der Waals surface area contributed by atoms with Crippen LogP contribution in [0.3, 0.4) is 0 Å². The molecule has 0 aromatic heterocycles. The Morgan fingerprint density at radius 1 is 0.429 bits per heavy atom. The Balaban J connectivity index is 1.91. The van der Waals surface area contributed by atoms with Crippen molar-refractivity contribution < 1.29 is 5.11 Å². The normalized spacial score (nSPS) is 32.2. The molecule has 0 unspecified atom stereocenters. The molecule has 0 aromatic rings. The number of aliphatic hydroxyl groups excluding tert-OH is 1. The van der Waals surface area contributed by atoms with Crippen LogP contribution in [0.4, 0.5) is 0 Å². The first-order valence-corrected chi connectivity index (χ1v) is 11.2. The number of fused-ring (bicyclic) bond motifs is 4. The fourth-order valence-electron chi connectivity index (χ4n) is 3.65. The second-order valence-electron chi connectivity index (χ2n) is 7.76. The van der Waals surface area contributed by atoms with Gasteiger partial charge in [-0.25, -0.2) is 0 Å². The molecular formula is C19H44N8O. The quantitative estimate of drug-likeness (QED) is 0.224. The molecule has 7 N–H and O–H groups in total. The van der Waals surface area contributed by atoms with E-state index >= 15 is 0 Å². The molecule has 2 rings (SSSR count). The largest absolute Gasteiger partial charge is 0.390 e. The van der Waals surface area contributed by atoms with Gasteiger partial charge in [0.1, 0.15) is 0 Å². The maximum atomic E-state index is 10.7. The topological polar surface area (TPSA) is 98.9 Å². The molecule has 2 saturated heterocycles. The van der Waals surface area contributed by atoms with Crippen molar-refractivity contribution in [3.05, 3.63) is 0 Å². The number of hydrogen-bond acceptors (Lipinski definition) is 9. The minimum Gasteiger partial charge on any atom is -0.390 e. The van der Waals surface area contributed by atoms with Gasteiger partial charge in [0.15, 0.2) is 0 Å². The Bertz CT molecular complexity index is 307. The standard InChI is InChI=1S/C19H44N8O/c28-19-17-26-13-9-22-5-1-20-2-6-23-10-14-27(18-19)16-12-25-8-4-21-3-7-24-11-15-26/h19-25,28H,1-18H2. The van der Waals surface area contributed by atoms with E-state index < -0.39 is 0 Å². The summed E-state index contributed by atoms with van der Waals surface area (Å²) in [5.74, 6) is 0. The average Bonchev–Trinajstić information content (AvgIpc) is 2.67. The fourth-order valence-corrected chi connectivity index (χ4v) is 3.65. The lowest BCUT2D eigenvalue weighted by atomic mass is 10.2. The lowest BCUT2D eigenvalue weighted by Crippen LogP contribution is -2.48. The summed E-state index contributed by atoms with van der Waals surface area (Å²) < 4.78 is 0. The summed E-state index contributed by atoms with van der Waals surface area (Å²) in [7, 11) is 0. The van der Waals surface area contributed by atoms with Crippen molar-refractivity contribution in [3.8, 4) is 0 Å². The molecular weight excluding hydrogens is 356 g/mol. The van der Waals surface area contributed by atoms with Crippen LogP contribution in [0.25, 0.3) is 0 Å². The van der Waals surface area contributed by atoms with Crippen LogP contribution in [-0.2, 0) is 0 Å². The molecule has 9 heteroatoms. The number of rotatable bonds is 0. The van der Waals surface area contributed by atoms with Crippen LogP contribution in [0.15, 0.2) is 0 Å². The molecule has 166 valence electrons. The second-order valence-corrected chi connectivity index (χ2v) is 7.76. The van der Waals surface area contributed by atoms with Gasteiger partial charge in [-0.3, -0.25) is 9.80 Å². The van der Waals surface area contributed by atoms with Gasteiger partial charge in [-0.05, 0) is 0 Å². The molecule has 0 spiro atoms. The van der Waals surface area contributed by atoms with Crippen molar-refractivity contribution in [1.29, 1.82) is 0 Å². The van der Waals surface area contributed by atoms with Gasteiger partial charge >= 0.3 is 0 Å². The van der Waals surface area contributed by atoms with E-state index in [-0.39, 0.29) is 6.10 Å². The van der Waals surface area contributed by atoms with E-state index in [9.17, 15) is 5.11 Å². The lowest BCUT2D eigenvalue weighted by molar-refractivity contribution is 0.0744. The molecule has 0 aliphatic carbocycles. The zero-order valence-electron chi connectivity index (χ0n) is 17.6. The van der Waals surface area contributed by atoms with Gasteiger partial charge in [-0.15, -0.1) is 0 Å². The van der Waals surface area contributed by atoms with Crippen LogP contribution in [0.2, 0.25) is 0 Å². The SMILES string of the molecule is OC1CN2CCNCCNCCNCCN(CCNCCNCCNCC2)C1. The molecule has 2 fully saturated rings. The molecule has 9 nitrogen and oxygen atoms in total. The van der Waals surface area contributed by atoms with Crippen LogP contribution in [-0.4, -0.2) is 139 Å². The Kier molecular flexibility index (Phi) is 14.0. The summed E-state index contributed by atoms with van der Waals surface area (Å²) in [5.41, 5.74) is 0. The summed E-state index contributed by atoms with van der Waals surface area (Å²) in [4.78, 5) is 4.77. The zero-order chi connectivity index (χ0) is 19.7. The first-order chi connectivity index (χ1) is 13.8. The molecule has 2 aliphatic rings. The van der Waals surface area contributed by atoms with Crippen molar-refractivity contribution in [2.24, 2.45) is 0 Å². The molecule has 2 heterocycles. The van der Waals surface area contributed by atoms with E-state index in [4.69, 9.17) is 0 Å². The van der Waals surface area contributed by atoms with E-state index in [2.05, 4.69) is 41.7 Å². The highest BCUT2D eigenvalue weighted by atomic mass is 16.3. The average molecular weight is 401 g/mol. The molecule has 2 aliphatic heterocycles. The summed E-state index contributed by atoms with van der Waals surface area (Å²) in [6, 6.07) is 0. The van der Waals surface area contributed by atoms with Crippen LogP contribution < -0.4 is 31.9 Å². The summed E-state index contributed by atoms with van der Waals surface area (Å²) >= 11 is 0. The van der Waals surface area contributed by atoms with Gasteiger partial charge in [0.2, 0.25) is 0 Å². The van der Waals surface area contributed by atoms with Gasteiger partial charge < -0.3 is 37.0 Å². The van der Waals surface area contributed by atoms with Crippen LogP contribution in [0.5, 0.6) is 0 Å². The third kappa shape index (κ3) is 12.3. The predicted molar refractivity (Wildman–Crippen MR) is 116 cm³/mol. The van der Waals surface area contributed by atoms with Gasteiger partial charge in [0.05, 0.1) is 6.10 Å². The maximum Gasteiger partial charge on any atom is 0.0793 e. The van der Waals surface area contributed by atoms with E-state index in [1.165, 1.54) is 0 Å². The number of aliphatic hydroxyl groups is 1. The predicted octanol–water partition coefficient (Wildman–Crippen LogP) is -3.48. The van der Waals surface area contributed by atoms with E-state index in [1.54, 1.807) is 0 Å². The first-order valence-electron chi connectivity index (χ1n) is 11.2. The summed E-state index contributed by atoms with van der Waals surface area (Å²) in [5, 5.41) is 31.7. The molecule has 0 saturated carbocycles. The fraction of sp³-hybridized carbons (Fsp3) is 1.00. The van der Waals surface area contributed by atoms with Crippen LogP contribution in [0.1, 0.15) is 0 Å². The van der Waals surface area contributed by atoms with Gasteiger partial charge in [0, 0.05) is 118 Å². The third-order valence-corrected chi connectivity index (χ3v) is 5.27. The van der Waals surface area contributed by atoms with Gasteiger partial charge in [0.25, 0.3) is 0 Å². The van der Waals surface area contributed by atoms with Crippen molar-refractivity contribution >= 4 is 0 Å². The smallest absolute Gasteiger partial charge is 0.0793 e. The Hall–Kier alpha value is -0.360. The molecule has 2 bridgehead atoms. The van der Waals surface area contributed by atoms with Gasteiger partial charge in [-0.2, -0.15) is 0 Å². The third-order valence-electron chi connectivity index (χ3n) is 5.27. The minimum atomic E-state index is -0.316. The number of nitrogens with one attached hydrogen (secondary N) is 6.